The summed E-state index contributed by atoms with van der Waals surface area (Å²) in [5.41, 5.74) is 0.621. The van der Waals surface area contributed by atoms with Crippen molar-refractivity contribution in [2.24, 2.45) is 0 Å². The maximum absolute atomic E-state index is 16.7. The lowest BCUT2D eigenvalue weighted by Crippen LogP contribution is -2.43. The van der Waals surface area contributed by atoms with Gasteiger partial charge in [0.1, 0.15) is 22.2 Å². The van der Waals surface area contributed by atoms with Gasteiger partial charge in [0.05, 0.1) is 35.4 Å². The molecule has 1 amide bonds. The van der Waals surface area contributed by atoms with Crippen LogP contribution in [0, 0.1) is 23.0 Å². The van der Waals surface area contributed by atoms with Gasteiger partial charge in [0.2, 0.25) is 5.95 Å². The van der Waals surface area contributed by atoms with Gasteiger partial charge in [-0.3, -0.25) is 10.3 Å². The zero-order chi connectivity index (χ0) is 30.8. The Hall–Kier alpha value is -3.99. The summed E-state index contributed by atoms with van der Waals surface area (Å²) >= 11 is 0.863. The van der Waals surface area contributed by atoms with Crippen LogP contribution in [0.2, 0.25) is 0 Å². The lowest BCUT2D eigenvalue weighted by molar-refractivity contribution is 0.0636. The average Bonchev–Trinajstić information content (AvgIpc) is 3.66. The zero-order valence-electron chi connectivity index (χ0n) is 24.8. The number of likely N-dealkylation sites (N-methyl/N-ethyl adjacent to an activating group) is 1. The molecule has 0 unspecified atom stereocenters. The number of nitrogens with one attached hydrogen (secondary N) is 1. The van der Waals surface area contributed by atoms with Crippen molar-refractivity contribution in [2.75, 3.05) is 37.4 Å². The number of nitriles is 1. The van der Waals surface area contributed by atoms with E-state index in [1.165, 1.54) is 0 Å². The van der Waals surface area contributed by atoms with E-state index in [1.54, 1.807) is 27.0 Å². The van der Waals surface area contributed by atoms with Gasteiger partial charge in [-0.25, -0.2) is 23.5 Å². The van der Waals surface area contributed by atoms with E-state index >= 15 is 8.78 Å². The molecule has 0 saturated carbocycles. The summed E-state index contributed by atoms with van der Waals surface area (Å²) in [5.74, 6) is -0.945. The maximum Gasteiger partial charge on any atom is 0.412 e. The van der Waals surface area contributed by atoms with Crippen molar-refractivity contribution < 1.29 is 23.0 Å². The molecule has 2 aliphatic heterocycles. The van der Waals surface area contributed by atoms with Gasteiger partial charge in [-0.2, -0.15) is 5.26 Å². The van der Waals surface area contributed by atoms with E-state index in [-0.39, 0.29) is 56.2 Å². The number of amides is 1. The van der Waals surface area contributed by atoms with Gasteiger partial charge in [0.15, 0.2) is 11.6 Å². The molecule has 1 saturated heterocycles. The first-order chi connectivity index (χ1) is 20.3. The number of pyridine rings is 1. The summed E-state index contributed by atoms with van der Waals surface area (Å²) < 4.78 is 43.0. The minimum Gasteiger partial charge on any atom is -0.444 e. The number of aromatic nitrogens is 3. The van der Waals surface area contributed by atoms with Crippen LogP contribution in [0.25, 0.3) is 32.2 Å². The van der Waals surface area contributed by atoms with E-state index < -0.39 is 23.3 Å². The maximum atomic E-state index is 16.7. The molecule has 6 rings (SSSR count). The van der Waals surface area contributed by atoms with Gasteiger partial charge in [-0.1, -0.05) is 0 Å². The topological polar surface area (TPSA) is 116 Å². The molecule has 1 aromatic carbocycles. The van der Waals surface area contributed by atoms with Gasteiger partial charge in [-0.05, 0) is 59.3 Å². The number of hydrogen-bond donors (Lipinski definition) is 1. The smallest absolute Gasteiger partial charge is 0.412 e. The van der Waals surface area contributed by atoms with Crippen molar-refractivity contribution >= 4 is 49.4 Å². The standard InChI is InChI=1S/C30H31F2N7O3S/c1-29(2,3)42-28(40)37-26-15(9-33)21-24(34-11-19(31)25(21)43-26)20-18-13-41-12-17(18)16-10-35-27(36-23(16)22(20)32)39-8-7-30(4,14-39)38(5)6/h10-11H,7-8,12-14H2,1-6H3,(H,37,40)/t30-/m0/s1. The van der Waals surface area contributed by atoms with E-state index in [2.05, 4.69) is 33.2 Å². The van der Waals surface area contributed by atoms with Gasteiger partial charge < -0.3 is 19.3 Å². The third-order valence-corrected chi connectivity index (χ3v) is 9.25. The summed E-state index contributed by atoms with van der Waals surface area (Å²) in [6.07, 6.45) is 2.73. The van der Waals surface area contributed by atoms with Gasteiger partial charge in [-0.15, -0.1) is 11.3 Å². The molecule has 0 spiro atoms. The number of benzene rings is 1. The SMILES string of the molecule is CN(C)[C@@]1(C)CCN(c2ncc3c4c(c(-c5ncc(F)c6sc(NC(=O)OC(C)(C)C)c(C#N)c56)c(F)c3n2)COC4)C1. The van der Waals surface area contributed by atoms with Crippen LogP contribution < -0.4 is 10.2 Å². The molecular weight excluding hydrogens is 576 g/mol. The Labute approximate surface area is 251 Å². The lowest BCUT2D eigenvalue weighted by Gasteiger charge is -2.32. The fourth-order valence-corrected chi connectivity index (χ4v) is 6.67. The molecule has 0 bridgehead atoms. The molecule has 0 radical (unpaired) electrons. The zero-order valence-corrected chi connectivity index (χ0v) is 25.6. The Kier molecular flexibility index (Phi) is 6.99. The number of rotatable bonds is 4. The minimum absolute atomic E-state index is 0.0385. The number of hydrogen-bond acceptors (Lipinski definition) is 10. The number of fused-ring (bicyclic) bond motifs is 4. The summed E-state index contributed by atoms with van der Waals surface area (Å²) in [6.45, 7) is 9.00. The van der Waals surface area contributed by atoms with Crippen molar-refractivity contribution in [1.82, 2.24) is 19.9 Å². The van der Waals surface area contributed by atoms with E-state index in [0.717, 1.165) is 36.1 Å². The molecule has 2 aliphatic rings. The van der Waals surface area contributed by atoms with Crippen LogP contribution in [0.1, 0.15) is 50.8 Å². The van der Waals surface area contributed by atoms with Crippen LogP contribution in [0.3, 0.4) is 0 Å². The molecule has 10 nitrogen and oxygen atoms in total. The Morgan fingerprint density at radius 3 is 2.65 bits per heavy atom. The van der Waals surface area contributed by atoms with E-state index in [0.29, 0.717) is 23.4 Å². The van der Waals surface area contributed by atoms with Crippen molar-refractivity contribution in [3.05, 3.63) is 40.7 Å². The fraction of sp³-hybridized carbons (Fsp3) is 0.433. The summed E-state index contributed by atoms with van der Waals surface area (Å²) in [4.78, 5) is 30.3. The van der Waals surface area contributed by atoms with Crippen LogP contribution >= 0.6 is 11.3 Å². The highest BCUT2D eigenvalue weighted by molar-refractivity contribution is 7.23. The third-order valence-electron chi connectivity index (χ3n) is 8.13. The normalized spacial score (nSPS) is 18.5. The Morgan fingerprint density at radius 2 is 1.98 bits per heavy atom. The largest absolute Gasteiger partial charge is 0.444 e. The van der Waals surface area contributed by atoms with Crippen LogP contribution in [0.5, 0.6) is 0 Å². The molecule has 13 heteroatoms. The molecule has 5 heterocycles. The van der Waals surface area contributed by atoms with E-state index in [9.17, 15) is 10.1 Å². The number of nitrogens with zero attached hydrogens (tertiary/aromatic N) is 6. The Bertz CT molecular complexity index is 1850. The van der Waals surface area contributed by atoms with Crippen LogP contribution in [0.4, 0.5) is 24.5 Å². The van der Waals surface area contributed by atoms with Crippen LogP contribution in [-0.4, -0.2) is 64.3 Å². The lowest BCUT2D eigenvalue weighted by atomic mass is 9.94. The first kappa shape index (κ1) is 29.1. The highest BCUT2D eigenvalue weighted by atomic mass is 32.1. The molecule has 1 N–H and O–H groups in total. The molecule has 3 aromatic heterocycles. The number of halogens is 2. The first-order valence-electron chi connectivity index (χ1n) is 13.8. The number of carbonyl (C=O) groups is 1. The van der Waals surface area contributed by atoms with Gasteiger partial charge in [0, 0.05) is 41.2 Å². The van der Waals surface area contributed by atoms with Gasteiger partial charge >= 0.3 is 6.09 Å². The Balaban J connectivity index is 1.53. The third kappa shape index (κ3) is 4.93. The number of ether oxygens (including phenoxy) is 2. The molecule has 1 fully saturated rings. The number of carbonyl (C=O) groups excluding carboxylic acids is 1. The number of thiophene rings is 1. The second kappa shape index (κ2) is 10.3. The van der Waals surface area contributed by atoms with Crippen LogP contribution in [-0.2, 0) is 22.7 Å². The first-order valence-corrected chi connectivity index (χ1v) is 14.6. The highest BCUT2D eigenvalue weighted by Gasteiger charge is 2.37. The van der Waals surface area contributed by atoms with Crippen molar-refractivity contribution in [2.45, 2.75) is 58.5 Å². The minimum atomic E-state index is -0.798. The van der Waals surface area contributed by atoms with Crippen LogP contribution in [0.15, 0.2) is 12.4 Å². The quantitative estimate of drug-likeness (QED) is 0.300. The highest BCUT2D eigenvalue weighted by Crippen LogP contribution is 2.46. The fourth-order valence-electron chi connectivity index (χ4n) is 5.63. The average molecular weight is 608 g/mol. The second-order valence-corrected chi connectivity index (χ2v) is 13.4. The molecule has 1 atom stereocenters. The second-order valence-electron chi connectivity index (χ2n) is 12.3. The number of anilines is 2. The Morgan fingerprint density at radius 1 is 1.23 bits per heavy atom. The van der Waals surface area contributed by atoms with E-state index in [1.807, 2.05) is 19.0 Å². The summed E-state index contributed by atoms with van der Waals surface area (Å²) in [7, 11) is 4.07. The predicted molar refractivity (Wildman–Crippen MR) is 160 cm³/mol. The predicted octanol–water partition coefficient (Wildman–Crippen LogP) is 5.96. The van der Waals surface area contributed by atoms with Crippen molar-refractivity contribution in [3.8, 4) is 17.3 Å². The molecule has 43 heavy (non-hydrogen) atoms. The van der Waals surface area contributed by atoms with Crippen molar-refractivity contribution in [1.29, 1.82) is 5.26 Å². The van der Waals surface area contributed by atoms with E-state index in [4.69, 9.17) is 14.5 Å². The summed E-state index contributed by atoms with van der Waals surface area (Å²) in [5, 5.41) is 13.4. The monoisotopic (exact) mass is 607 g/mol. The molecule has 224 valence electrons. The van der Waals surface area contributed by atoms with Gasteiger partial charge in [0.25, 0.3) is 0 Å². The molecular formula is C30H31F2N7O3S. The molecule has 0 aliphatic carbocycles. The van der Waals surface area contributed by atoms with Crippen molar-refractivity contribution in [3.63, 3.8) is 0 Å². The molecule has 4 aromatic rings. The summed E-state index contributed by atoms with van der Waals surface area (Å²) in [6, 6.07) is 2.05.